The lowest BCUT2D eigenvalue weighted by molar-refractivity contribution is 0.368. The van der Waals surface area contributed by atoms with Gasteiger partial charge in [0.15, 0.2) is 0 Å². The second-order valence-electron chi connectivity index (χ2n) is 5.14. The minimum atomic E-state index is -2.22. The summed E-state index contributed by atoms with van der Waals surface area (Å²) in [5, 5.41) is 0. The third kappa shape index (κ3) is 1.99. The Balaban J connectivity index is 2.76. The summed E-state index contributed by atoms with van der Waals surface area (Å²) in [4.78, 5) is 12.8. The topological polar surface area (TPSA) is 19.9 Å². The molecule has 0 saturated heterocycles. The van der Waals surface area contributed by atoms with E-state index in [-0.39, 0.29) is 0 Å². The van der Waals surface area contributed by atoms with Crippen molar-refractivity contribution in [2.45, 2.75) is 70.0 Å². The van der Waals surface area contributed by atoms with Crippen molar-refractivity contribution in [3.8, 4) is 0 Å². The van der Waals surface area contributed by atoms with Crippen LogP contribution in [0, 0.1) is 0 Å². The molecular weight excluding hydrogens is 176 g/mol. The van der Waals surface area contributed by atoms with Gasteiger partial charge in [-0.05, 0) is 16.6 Å². The Hall–Kier alpha value is 0.177. The summed E-state index contributed by atoms with van der Waals surface area (Å²) in [7, 11) is -2.22. The van der Waals surface area contributed by atoms with Crippen LogP contribution in [0.15, 0.2) is 0 Å². The molecule has 0 aromatic rings. The number of rotatable bonds is 3. The second kappa shape index (κ2) is 4.14. The van der Waals surface area contributed by atoms with Gasteiger partial charge in [0.25, 0.3) is 0 Å². The molecule has 0 N–H and O–H groups in total. The fraction of sp³-hybridized carbons (Fsp3) is 1.00. The largest absolute Gasteiger partial charge is 0.296 e. The first kappa shape index (κ1) is 11.3. The van der Waals surface area contributed by atoms with Crippen LogP contribution >= 0.6 is 0 Å². The van der Waals surface area contributed by atoms with Crippen molar-refractivity contribution in [1.82, 2.24) is 0 Å². The molecule has 77 valence electrons. The summed E-state index contributed by atoms with van der Waals surface area (Å²) in [5.41, 5.74) is 1.40. The van der Waals surface area contributed by atoms with E-state index in [2.05, 4.69) is 27.7 Å². The van der Waals surface area contributed by atoms with E-state index in [9.17, 15) is 4.80 Å². The van der Waals surface area contributed by atoms with E-state index in [4.69, 9.17) is 0 Å². The molecule has 1 nitrogen and oxygen atoms in total. The van der Waals surface area contributed by atoms with Gasteiger partial charge >= 0.3 is 0 Å². The summed E-state index contributed by atoms with van der Waals surface area (Å²) in [5.74, 6) is 0. The number of hydrogen-bond donors (Lipinski definition) is 0. The smallest absolute Gasteiger partial charge is 0.245 e. The van der Waals surface area contributed by atoms with E-state index in [1.165, 1.54) is 25.7 Å². The van der Waals surface area contributed by atoms with Crippen molar-refractivity contribution in [3.63, 3.8) is 0 Å². The highest BCUT2D eigenvalue weighted by Crippen LogP contribution is 2.47. The van der Waals surface area contributed by atoms with Crippen LogP contribution in [0.2, 0.25) is 16.6 Å². The molecule has 1 saturated carbocycles. The van der Waals surface area contributed by atoms with E-state index < -0.39 is 8.32 Å². The Morgan fingerprint density at radius 3 is 1.69 bits per heavy atom. The third-order valence-electron chi connectivity index (χ3n) is 3.80. The van der Waals surface area contributed by atoms with Gasteiger partial charge in [0.2, 0.25) is 8.32 Å². The zero-order chi connectivity index (χ0) is 10.1. The van der Waals surface area contributed by atoms with Gasteiger partial charge in [-0.15, -0.1) is 0 Å². The number of hydrogen-bond acceptors (Lipinski definition) is 0. The average Bonchev–Trinajstić information content (AvgIpc) is 2.54. The zero-order valence-corrected chi connectivity index (χ0v) is 10.5. The molecule has 0 aromatic heterocycles. The lowest BCUT2D eigenvalue weighted by Crippen LogP contribution is -2.44. The van der Waals surface area contributed by atoms with E-state index in [1.54, 1.807) is 0 Å². The molecule has 0 unspecified atom stereocenters. The Kier molecular flexibility index (Phi) is 3.58. The normalized spacial score (nSPS) is 20.5. The second-order valence-corrected chi connectivity index (χ2v) is 9.98. The first-order chi connectivity index (χ1) is 5.99. The molecular formula is C11H23OSi. The lowest BCUT2D eigenvalue weighted by Gasteiger charge is -2.36. The molecule has 0 heterocycles. The van der Waals surface area contributed by atoms with E-state index in [0.717, 1.165) is 0 Å². The van der Waals surface area contributed by atoms with Crippen molar-refractivity contribution < 1.29 is 4.80 Å². The van der Waals surface area contributed by atoms with Gasteiger partial charge < -0.3 is 0 Å². The predicted octanol–water partition coefficient (Wildman–Crippen LogP) is 4.13. The van der Waals surface area contributed by atoms with Gasteiger partial charge in [-0.2, -0.15) is 0 Å². The van der Waals surface area contributed by atoms with Crippen molar-refractivity contribution in [2.75, 3.05) is 0 Å². The predicted molar refractivity (Wildman–Crippen MR) is 58.9 cm³/mol. The minimum Gasteiger partial charge on any atom is -0.296 e. The van der Waals surface area contributed by atoms with Crippen molar-refractivity contribution in [3.05, 3.63) is 0 Å². The summed E-state index contributed by atoms with van der Waals surface area (Å²) >= 11 is 0. The highest BCUT2D eigenvalue weighted by molar-refractivity contribution is 6.76. The maximum Gasteiger partial charge on any atom is 0.245 e. The van der Waals surface area contributed by atoms with Gasteiger partial charge in [0.1, 0.15) is 0 Å². The fourth-order valence-electron chi connectivity index (χ4n) is 2.99. The summed E-state index contributed by atoms with van der Waals surface area (Å²) in [6.07, 6.45) is 5.07. The van der Waals surface area contributed by atoms with Crippen LogP contribution in [-0.2, 0) is 4.80 Å². The van der Waals surface area contributed by atoms with Crippen LogP contribution in [0.5, 0.6) is 0 Å². The third-order valence-corrected chi connectivity index (χ3v) is 9.26. The van der Waals surface area contributed by atoms with Crippen LogP contribution in [-0.4, -0.2) is 8.32 Å². The van der Waals surface area contributed by atoms with E-state index in [0.29, 0.717) is 16.6 Å². The Bertz CT molecular complexity index is 151. The molecule has 0 bridgehead atoms. The SMILES string of the molecule is CC(C)[Si]([O])(C(C)C)C1CCCC1. The molecule has 1 rings (SSSR count). The lowest BCUT2D eigenvalue weighted by atomic mass is 10.4. The maximum absolute atomic E-state index is 12.8. The van der Waals surface area contributed by atoms with Crippen LogP contribution in [0.25, 0.3) is 0 Å². The highest BCUT2D eigenvalue weighted by Gasteiger charge is 2.48. The van der Waals surface area contributed by atoms with Crippen molar-refractivity contribution in [1.29, 1.82) is 0 Å². The summed E-state index contributed by atoms with van der Waals surface area (Å²) in [6.45, 7) is 8.60. The Morgan fingerprint density at radius 1 is 1.00 bits per heavy atom. The fourth-order valence-corrected chi connectivity index (χ4v) is 7.52. The van der Waals surface area contributed by atoms with Gasteiger partial charge in [0, 0.05) is 0 Å². The summed E-state index contributed by atoms with van der Waals surface area (Å²) in [6, 6.07) is 0. The first-order valence-corrected chi connectivity index (χ1v) is 7.84. The highest BCUT2D eigenvalue weighted by atomic mass is 28.4. The van der Waals surface area contributed by atoms with Crippen molar-refractivity contribution in [2.24, 2.45) is 0 Å². The zero-order valence-electron chi connectivity index (χ0n) is 9.47. The first-order valence-electron chi connectivity index (χ1n) is 5.70. The van der Waals surface area contributed by atoms with E-state index >= 15 is 0 Å². The maximum atomic E-state index is 12.8. The quantitative estimate of drug-likeness (QED) is 0.609. The molecule has 1 aliphatic carbocycles. The monoisotopic (exact) mass is 199 g/mol. The molecule has 1 radical (unpaired) electrons. The van der Waals surface area contributed by atoms with Crippen molar-refractivity contribution >= 4 is 8.32 Å². The molecule has 1 fully saturated rings. The molecule has 13 heavy (non-hydrogen) atoms. The standard InChI is InChI=1S/C11H23OSi/c1-9(2)13(12,10(3)4)11-7-5-6-8-11/h9-11H,5-8H2,1-4H3. The summed E-state index contributed by atoms with van der Waals surface area (Å²) < 4.78 is 0. The molecule has 0 atom stereocenters. The Labute approximate surface area is 83.7 Å². The molecule has 2 heteroatoms. The van der Waals surface area contributed by atoms with Gasteiger partial charge in [-0.1, -0.05) is 53.4 Å². The van der Waals surface area contributed by atoms with Crippen LogP contribution in [0.1, 0.15) is 53.4 Å². The molecule has 1 aliphatic rings. The van der Waals surface area contributed by atoms with E-state index in [1.807, 2.05) is 0 Å². The molecule has 0 aromatic carbocycles. The molecule has 0 aliphatic heterocycles. The Morgan fingerprint density at radius 2 is 1.38 bits per heavy atom. The van der Waals surface area contributed by atoms with Gasteiger partial charge in [0.05, 0.1) is 0 Å². The van der Waals surface area contributed by atoms with Crippen LogP contribution in [0.3, 0.4) is 0 Å². The molecule has 0 amide bonds. The molecule has 0 spiro atoms. The average molecular weight is 199 g/mol. The van der Waals surface area contributed by atoms with Gasteiger partial charge in [-0.3, -0.25) is 4.80 Å². The van der Waals surface area contributed by atoms with Crippen LogP contribution < -0.4 is 0 Å². The minimum absolute atomic E-state index is 0.413. The van der Waals surface area contributed by atoms with Crippen LogP contribution in [0.4, 0.5) is 0 Å². The van der Waals surface area contributed by atoms with Gasteiger partial charge in [-0.25, -0.2) is 0 Å².